The van der Waals surface area contributed by atoms with E-state index < -0.39 is 31.3 Å². The molecule has 0 radical (unpaired) electrons. The number of nitro benzene ring substituents is 1. The third kappa shape index (κ3) is 3.27. The number of nitro groups is 1. The van der Waals surface area contributed by atoms with E-state index in [-0.39, 0.29) is 6.54 Å². The number of hydrogen-bond acceptors (Lipinski definition) is 4. The summed E-state index contributed by atoms with van der Waals surface area (Å²) in [7, 11) is -4.06. The maximum Gasteiger partial charge on any atom is 0.324 e. The third-order valence-corrected chi connectivity index (χ3v) is 4.46. The van der Waals surface area contributed by atoms with Gasteiger partial charge in [0.2, 0.25) is 15.8 Å². The lowest BCUT2D eigenvalue weighted by molar-refractivity contribution is -0.390. The quantitative estimate of drug-likeness (QED) is 0.638. The molecular formula is C11H13FN2O4S. The highest BCUT2D eigenvalue weighted by Gasteiger charge is 2.29. The Labute approximate surface area is 109 Å². The van der Waals surface area contributed by atoms with Gasteiger partial charge in [-0.05, 0) is 24.5 Å². The molecule has 0 amide bonds. The highest BCUT2D eigenvalue weighted by Crippen LogP contribution is 2.32. The van der Waals surface area contributed by atoms with Gasteiger partial charge in [-0.15, -0.1) is 0 Å². The van der Waals surface area contributed by atoms with Crippen LogP contribution in [0.2, 0.25) is 0 Å². The summed E-state index contributed by atoms with van der Waals surface area (Å²) in [6.07, 6.45) is 2.87. The van der Waals surface area contributed by atoms with E-state index in [0.717, 1.165) is 31.0 Å². The molecule has 2 rings (SSSR count). The van der Waals surface area contributed by atoms with Crippen LogP contribution in [-0.4, -0.2) is 19.9 Å². The first-order valence-corrected chi connectivity index (χ1v) is 7.32. The molecule has 0 heterocycles. The molecule has 0 spiro atoms. The monoisotopic (exact) mass is 288 g/mol. The van der Waals surface area contributed by atoms with Crippen LogP contribution in [0.4, 0.5) is 10.1 Å². The first-order valence-electron chi connectivity index (χ1n) is 5.84. The topological polar surface area (TPSA) is 89.3 Å². The Morgan fingerprint density at radius 2 is 2.11 bits per heavy atom. The van der Waals surface area contributed by atoms with Gasteiger partial charge in [0.1, 0.15) is 0 Å². The Morgan fingerprint density at radius 1 is 1.42 bits per heavy atom. The molecule has 8 heteroatoms. The van der Waals surface area contributed by atoms with E-state index >= 15 is 0 Å². The predicted octanol–water partition coefficient (Wildman–Crippen LogP) is 1.81. The number of para-hydroxylation sites is 1. The number of rotatable bonds is 6. The van der Waals surface area contributed by atoms with E-state index in [0.29, 0.717) is 12.3 Å². The molecule has 1 saturated carbocycles. The third-order valence-electron chi connectivity index (χ3n) is 2.96. The fraction of sp³-hybridized carbons (Fsp3) is 0.455. The van der Waals surface area contributed by atoms with Crippen molar-refractivity contribution in [2.45, 2.75) is 24.2 Å². The maximum absolute atomic E-state index is 13.4. The van der Waals surface area contributed by atoms with E-state index in [1.807, 2.05) is 0 Å². The van der Waals surface area contributed by atoms with Crippen molar-refractivity contribution in [2.24, 2.45) is 5.92 Å². The Balaban J connectivity index is 2.23. The van der Waals surface area contributed by atoms with Crippen LogP contribution >= 0.6 is 0 Å². The number of nitrogens with zero attached hydrogens (tertiary/aromatic N) is 1. The van der Waals surface area contributed by atoms with Crippen molar-refractivity contribution < 1.29 is 17.7 Å². The molecule has 0 aromatic heterocycles. The molecule has 0 saturated heterocycles. The van der Waals surface area contributed by atoms with Crippen molar-refractivity contribution >= 4 is 15.7 Å². The number of benzene rings is 1. The van der Waals surface area contributed by atoms with Gasteiger partial charge in [0.05, 0.1) is 4.92 Å². The molecule has 1 aromatic carbocycles. The van der Waals surface area contributed by atoms with Crippen LogP contribution in [0.1, 0.15) is 19.3 Å². The highest BCUT2D eigenvalue weighted by molar-refractivity contribution is 7.89. The van der Waals surface area contributed by atoms with Crippen molar-refractivity contribution in [3.8, 4) is 0 Å². The van der Waals surface area contributed by atoms with E-state index in [4.69, 9.17) is 0 Å². The van der Waals surface area contributed by atoms with Gasteiger partial charge in [-0.2, -0.15) is 4.39 Å². The van der Waals surface area contributed by atoms with Gasteiger partial charge in [0, 0.05) is 6.54 Å². The van der Waals surface area contributed by atoms with Crippen LogP contribution in [0, 0.1) is 21.8 Å². The van der Waals surface area contributed by atoms with Crippen molar-refractivity contribution in [2.75, 3.05) is 6.54 Å². The fourth-order valence-corrected chi connectivity index (χ4v) is 3.00. The van der Waals surface area contributed by atoms with Crippen LogP contribution in [0.3, 0.4) is 0 Å². The van der Waals surface area contributed by atoms with Gasteiger partial charge < -0.3 is 0 Å². The van der Waals surface area contributed by atoms with E-state index in [9.17, 15) is 22.9 Å². The summed E-state index contributed by atoms with van der Waals surface area (Å²) in [5, 5.41) is 10.8. The summed E-state index contributed by atoms with van der Waals surface area (Å²) in [4.78, 5) is 9.10. The molecule has 0 bridgehead atoms. The summed E-state index contributed by atoms with van der Waals surface area (Å²) in [6.45, 7) is 0.209. The summed E-state index contributed by atoms with van der Waals surface area (Å²) in [5.41, 5.74) is -1.01. The molecule has 1 aliphatic carbocycles. The molecule has 104 valence electrons. The number of sulfonamides is 1. The fourth-order valence-electron chi connectivity index (χ4n) is 1.77. The molecule has 0 unspecified atom stereocenters. The second-order valence-electron chi connectivity index (χ2n) is 4.47. The van der Waals surface area contributed by atoms with Gasteiger partial charge >= 0.3 is 5.69 Å². The second-order valence-corrected chi connectivity index (χ2v) is 6.21. The lowest BCUT2D eigenvalue weighted by Crippen LogP contribution is -2.26. The summed E-state index contributed by atoms with van der Waals surface area (Å²) in [6, 6.07) is 3.03. The minimum atomic E-state index is -4.06. The Bertz CT molecular complexity index is 599. The molecule has 6 nitrogen and oxygen atoms in total. The minimum absolute atomic E-state index is 0.209. The summed E-state index contributed by atoms with van der Waals surface area (Å²) < 4.78 is 39.5. The first kappa shape index (κ1) is 13.9. The van der Waals surface area contributed by atoms with Gasteiger partial charge in [-0.3, -0.25) is 10.1 Å². The van der Waals surface area contributed by atoms with Crippen molar-refractivity contribution in [3.63, 3.8) is 0 Å². The van der Waals surface area contributed by atoms with Crippen LogP contribution in [-0.2, 0) is 10.0 Å². The SMILES string of the molecule is O=[N+]([O-])c1c(F)cccc1S(=O)(=O)NCCC1CC1. The smallest absolute Gasteiger partial charge is 0.258 e. The average Bonchev–Trinajstić information content (AvgIpc) is 3.12. The van der Waals surface area contributed by atoms with Gasteiger partial charge in [-0.25, -0.2) is 13.1 Å². The van der Waals surface area contributed by atoms with Crippen LogP contribution < -0.4 is 4.72 Å². The first-order chi connectivity index (χ1) is 8.92. The van der Waals surface area contributed by atoms with E-state index in [2.05, 4.69) is 4.72 Å². The van der Waals surface area contributed by atoms with Crippen molar-refractivity contribution in [1.29, 1.82) is 0 Å². The normalized spacial score (nSPS) is 15.4. The van der Waals surface area contributed by atoms with Gasteiger partial charge in [0.15, 0.2) is 4.90 Å². The van der Waals surface area contributed by atoms with Crippen molar-refractivity contribution in [1.82, 2.24) is 4.72 Å². The van der Waals surface area contributed by atoms with E-state index in [1.165, 1.54) is 0 Å². The maximum atomic E-state index is 13.4. The van der Waals surface area contributed by atoms with E-state index in [1.54, 1.807) is 0 Å². The molecule has 1 fully saturated rings. The summed E-state index contributed by atoms with van der Waals surface area (Å²) in [5.74, 6) is -0.625. The van der Waals surface area contributed by atoms with Crippen LogP contribution in [0.5, 0.6) is 0 Å². The molecule has 1 N–H and O–H groups in total. The van der Waals surface area contributed by atoms with Crippen LogP contribution in [0.15, 0.2) is 23.1 Å². The van der Waals surface area contributed by atoms with Gasteiger partial charge in [0.25, 0.3) is 0 Å². The summed E-state index contributed by atoms with van der Waals surface area (Å²) >= 11 is 0. The van der Waals surface area contributed by atoms with Crippen LogP contribution in [0.25, 0.3) is 0 Å². The molecule has 1 aliphatic rings. The average molecular weight is 288 g/mol. The minimum Gasteiger partial charge on any atom is -0.258 e. The molecule has 19 heavy (non-hydrogen) atoms. The lowest BCUT2D eigenvalue weighted by Gasteiger charge is -2.07. The standard InChI is InChI=1S/C11H13FN2O4S/c12-9-2-1-3-10(11(9)14(15)16)19(17,18)13-7-6-8-4-5-8/h1-3,8,13H,4-7H2. The molecule has 1 aromatic rings. The number of nitrogens with one attached hydrogen (secondary N) is 1. The second kappa shape index (κ2) is 5.22. The largest absolute Gasteiger partial charge is 0.324 e. The predicted molar refractivity (Wildman–Crippen MR) is 65.6 cm³/mol. The number of halogens is 1. The van der Waals surface area contributed by atoms with Crippen molar-refractivity contribution in [3.05, 3.63) is 34.1 Å². The van der Waals surface area contributed by atoms with Gasteiger partial charge in [-0.1, -0.05) is 18.9 Å². The Hall–Kier alpha value is -1.54. The Kier molecular flexibility index (Phi) is 3.81. The zero-order valence-corrected chi connectivity index (χ0v) is 10.8. The lowest BCUT2D eigenvalue weighted by atomic mass is 10.3. The molecular weight excluding hydrogens is 275 g/mol. The Morgan fingerprint density at radius 3 is 2.68 bits per heavy atom. The zero-order chi connectivity index (χ0) is 14.0. The highest BCUT2D eigenvalue weighted by atomic mass is 32.2. The molecule has 0 aliphatic heterocycles. The molecule has 0 atom stereocenters. The zero-order valence-electron chi connectivity index (χ0n) is 10.0. The number of hydrogen-bond donors (Lipinski definition) is 1.